The third-order valence-electron chi connectivity index (χ3n) is 2.58. The Bertz CT molecular complexity index is 693. The van der Waals surface area contributed by atoms with Crippen LogP contribution in [0.25, 0.3) is 16.9 Å². The van der Waals surface area contributed by atoms with E-state index in [1.54, 1.807) is 11.8 Å². The molecular weight excluding hydrogens is 258 g/mol. The van der Waals surface area contributed by atoms with E-state index in [-0.39, 0.29) is 0 Å². The molecule has 6 heteroatoms. The van der Waals surface area contributed by atoms with Gasteiger partial charge in [0.05, 0.1) is 0 Å². The molecule has 0 amide bonds. The Labute approximate surface area is 115 Å². The Morgan fingerprint density at radius 1 is 1.16 bits per heavy atom. The van der Waals surface area contributed by atoms with Gasteiger partial charge in [0.2, 0.25) is 5.65 Å². The minimum absolute atomic E-state index is 0.475. The molecule has 0 spiro atoms. The summed E-state index contributed by atoms with van der Waals surface area (Å²) in [5.41, 5.74) is 2.66. The zero-order chi connectivity index (χ0) is 13.2. The molecule has 0 unspecified atom stereocenters. The average Bonchev–Trinajstić information content (AvgIpc) is 2.85. The molecule has 0 aliphatic heterocycles. The van der Waals surface area contributed by atoms with Crippen molar-refractivity contribution in [1.29, 1.82) is 0 Å². The maximum atomic E-state index is 4.52. The fourth-order valence-electron chi connectivity index (χ4n) is 1.82. The van der Waals surface area contributed by atoms with Crippen molar-refractivity contribution in [3.63, 3.8) is 0 Å². The van der Waals surface area contributed by atoms with Crippen LogP contribution in [-0.4, -0.2) is 30.5 Å². The van der Waals surface area contributed by atoms with Crippen molar-refractivity contribution in [3.8, 4) is 11.3 Å². The van der Waals surface area contributed by atoms with Gasteiger partial charge in [0.15, 0.2) is 0 Å². The lowest BCUT2D eigenvalue weighted by molar-refractivity contribution is 0.731. The lowest BCUT2D eigenvalue weighted by atomic mass is 10.1. The number of aromatic nitrogens is 5. The van der Waals surface area contributed by atoms with Gasteiger partial charge in [0.1, 0.15) is 5.69 Å². The van der Waals surface area contributed by atoms with Gasteiger partial charge in [-0.2, -0.15) is 0 Å². The second-order valence-electron chi connectivity index (χ2n) is 4.42. The second kappa shape index (κ2) is 4.97. The van der Waals surface area contributed by atoms with Crippen LogP contribution in [0.15, 0.2) is 41.3 Å². The summed E-state index contributed by atoms with van der Waals surface area (Å²) < 4.78 is 1.46. The van der Waals surface area contributed by atoms with Crippen molar-refractivity contribution in [2.24, 2.45) is 0 Å². The molecule has 0 N–H and O–H groups in total. The minimum atomic E-state index is 0.475. The number of rotatable bonds is 3. The van der Waals surface area contributed by atoms with Crippen LogP contribution in [0.3, 0.4) is 0 Å². The highest BCUT2D eigenvalue weighted by Gasteiger charge is 2.12. The van der Waals surface area contributed by atoms with Gasteiger partial charge in [-0.25, -0.2) is 0 Å². The predicted molar refractivity (Wildman–Crippen MR) is 75.0 cm³/mol. The minimum Gasteiger partial charge on any atom is -0.146 e. The topological polar surface area (TPSA) is 56.0 Å². The van der Waals surface area contributed by atoms with E-state index in [1.165, 1.54) is 4.63 Å². The number of benzene rings is 1. The quantitative estimate of drug-likeness (QED) is 0.685. The number of tetrazole rings is 1. The van der Waals surface area contributed by atoms with Gasteiger partial charge in [-0.15, -0.1) is 26.6 Å². The van der Waals surface area contributed by atoms with Gasteiger partial charge < -0.3 is 0 Å². The van der Waals surface area contributed by atoms with Crippen LogP contribution in [0.1, 0.15) is 13.8 Å². The first kappa shape index (κ1) is 12.1. The Kier molecular flexibility index (Phi) is 3.16. The molecule has 5 nitrogen and oxygen atoms in total. The summed E-state index contributed by atoms with van der Waals surface area (Å²) in [5, 5.41) is 16.4. The summed E-state index contributed by atoms with van der Waals surface area (Å²) >= 11 is 1.77. The Morgan fingerprint density at radius 3 is 2.68 bits per heavy atom. The Balaban J connectivity index is 2.19. The fraction of sp³-hybridized carbons (Fsp3) is 0.231. The lowest BCUT2D eigenvalue weighted by Crippen LogP contribution is -2.00. The molecule has 0 aliphatic rings. The molecule has 2 aromatic heterocycles. The molecule has 0 atom stereocenters. The molecule has 0 radical (unpaired) electrons. The summed E-state index contributed by atoms with van der Waals surface area (Å²) in [4.78, 5) is 1.10. The lowest BCUT2D eigenvalue weighted by Gasteiger charge is -2.10. The molecule has 0 saturated heterocycles. The van der Waals surface area contributed by atoms with Crippen molar-refractivity contribution in [3.05, 3.63) is 36.4 Å². The van der Waals surface area contributed by atoms with Gasteiger partial charge in [-0.3, -0.25) is 0 Å². The highest BCUT2D eigenvalue weighted by Crippen LogP contribution is 2.32. The van der Waals surface area contributed by atoms with Crippen molar-refractivity contribution in [2.45, 2.75) is 24.0 Å². The van der Waals surface area contributed by atoms with Crippen molar-refractivity contribution in [1.82, 2.24) is 25.3 Å². The monoisotopic (exact) mass is 271 g/mol. The summed E-state index contributed by atoms with van der Waals surface area (Å²) in [7, 11) is 0. The third-order valence-corrected chi connectivity index (χ3v) is 3.61. The van der Waals surface area contributed by atoms with Crippen molar-refractivity contribution >= 4 is 17.4 Å². The van der Waals surface area contributed by atoms with Crippen LogP contribution in [0.4, 0.5) is 0 Å². The van der Waals surface area contributed by atoms with E-state index in [2.05, 4.69) is 34.5 Å². The first-order chi connectivity index (χ1) is 9.24. The van der Waals surface area contributed by atoms with Crippen LogP contribution in [0, 0.1) is 0 Å². The van der Waals surface area contributed by atoms with E-state index >= 15 is 0 Å². The molecular formula is C13H13N5S. The normalized spacial score (nSPS) is 11.3. The van der Waals surface area contributed by atoms with E-state index in [9.17, 15) is 0 Å². The molecule has 2 heterocycles. The predicted octanol–water partition coefficient (Wildman–Crippen LogP) is 2.69. The number of hydrogen-bond donors (Lipinski definition) is 0. The van der Waals surface area contributed by atoms with Gasteiger partial charge in [0, 0.05) is 21.8 Å². The molecule has 1 aromatic carbocycles. The Morgan fingerprint density at radius 2 is 1.95 bits per heavy atom. The first-order valence-corrected chi connectivity index (χ1v) is 6.93. The van der Waals surface area contributed by atoms with Crippen LogP contribution >= 0.6 is 11.8 Å². The highest BCUT2D eigenvalue weighted by molar-refractivity contribution is 8.00. The second-order valence-corrected chi connectivity index (χ2v) is 6.03. The maximum Gasteiger partial charge on any atom is 0.201 e. The first-order valence-electron chi connectivity index (χ1n) is 6.05. The molecule has 3 aromatic rings. The molecule has 0 aliphatic carbocycles. The summed E-state index contributed by atoms with van der Waals surface area (Å²) in [5.74, 6) is 0. The van der Waals surface area contributed by atoms with Gasteiger partial charge in [-0.05, 0) is 10.4 Å². The molecule has 0 saturated carbocycles. The summed E-state index contributed by atoms with van der Waals surface area (Å²) in [6, 6.07) is 12.1. The van der Waals surface area contributed by atoms with Crippen LogP contribution in [-0.2, 0) is 0 Å². The zero-order valence-electron chi connectivity index (χ0n) is 10.7. The number of fused-ring (bicyclic) bond motifs is 1. The zero-order valence-corrected chi connectivity index (χ0v) is 11.5. The smallest absolute Gasteiger partial charge is 0.146 e. The fourth-order valence-corrected chi connectivity index (χ4v) is 2.77. The number of hydrogen-bond acceptors (Lipinski definition) is 5. The summed E-state index contributed by atoms with van der Waals surface area (Å²) in [6.45, 7) is 4.32. The van der Waals surface area contributed by atoms with E-state index in [0.29, 0.717) is 10.9 Å². The largest absolute Gasteiger partial charge is 0.201 e. The van der Waals surface area contributed by atoms with Crippen molar-refractivity contribution < 1.29 is 0 Å². The molecule has 96 valence electrons. The molecule has 3 rings (SSSR count). The number of thioether (sulfide) groups is 1. The van der Waals surface area contributed by atoms with E-state index in [0.717, 1.165) is 16.2 Å². The van der Waals surface area contributed by atoms with E-state index in [1.807, 2.05) is 36.4 Å². The summed E-state index contributed by atoms with van der Waals surface area (Å²) in [6.07, 6.45) is 0. The molecule has 0 bridgehead atoms. The average molecular weight is 271 g/mol. The van der Waals surface area contributed by atoms with E-state index < -0.39 is 0 Å². The van der Waals surface area contributed by atoms with Crippen LogP contribution in [0.2, 0.25) is 0 Å². The number of nitrogens with zero attached hydrogens (tertiary/aromatic N) is 5. The molecule has 0 fully saturated rings. The standard InChI is InChI=1S/C13H13N5S/c1-9(2)19-11-8-12-14-16-17-18(12)15-13(11)10-6-4-3-5-7-10/h3-9H,1-2H3. The van der Waals surface area contributed by atoms with Crippen LogP contribution in [0.5, 0.6) is 0 Å². The van der Waals surface area contributed by atoms with E-state index in [4.69, 9.17) is 0 Å². The SMILES string of the molecule is CC(C)Sc1cc2nnnn2nc1-c1ccccc1. The highest BCUT2D eigenvalue weighted by atomic mass is 32.2. The third kappa shape index (κ3) is 2.44. The van der Waals surface area contributed by atoms with Crippen molar-refractivity contribution in [2.75, 3.05) is 0 Å². The van der Waals surface area contributed by atoms with Gasteiger partial charge in [-0.1, -0.05) is 44.2 Å². The Hall–Kier alpha value is -1.95. The maximum absolute atomic E-state index is 4.52. The molecule has 19 heavy (non-hydrogen) atoms. The van der Waals surface area contributed by atoms with Crippen LogP contribution < -0.4 is 0 Å². The van der Waals surface area contributed by atoms with Gasteiger partial charge in [0.25, 0.3) is 0 Å². The van der Waals surface area contributed by atoms with Gasteiger partial charge >= 0.3 is 0 Å².